The molecule has 0 spiro atoms. The summed E-state index contributed by atoms with van der Waals surface area (Å²) in [5.41, 5.74) is 0.0425. The standard InChI is InChI=1S/C8H6FN5O2/c9-6-3-5(13-8(15)16)4-10-7(6)14-11-1-2-12-14/h1-4,13H,(H,15,16). The van der Waals surface area contributed by atoms with Gasteiger partial charge in [-0.15, -0.1) is 4.80 Å². The predicted octanol–water partition coefficient (Wildman–Crippen LogP) is 0.891. The van der Waals surface area contributed by atoms with Crippen molar-refractivity contribution >= 4 is 11.8 Å². The zero-order valence-electron chi connectivity index (χ0n) is 7.83. The first-order chi connectivity index (χ1) is 7.66. The second-order valence-corrected chi connectivity index (χ2v) is 2.78. The minimum atomic E-state index is -1.29. The number of anilines is 1. The average molecular weight is 223 g/mol. The highest BCUT2D eigenvalue weighted by molar-refractivity contribution is 5.82. The van der Waals surface area contributed by atoms with Crippen molar-refractivity contribution in [3.63, 3.8) is 0 Å². The van der Waals surface area contributed by atoms with Crippen LogP contribution in [0.2, 0.25) is 0 Å². The van der Waals surface area contributed by atoms with Crippen molar-refractivity contribution in [2.45, 2.75) is 0 Å². The molecule has 8 heteroatoms. The molecule has 7 nitrogen and oxygen atoms in total. The van der Waals surface area contributed by atoms with Gasteiger partial charge >= 0.3 is 6.09 Å². The molecule has 2 aromatic heterocycles. The first kappa shape index (κ1) is 10.0. The molecule has 0 fully saturated rings. The van der Waals surface area contributed by atoms with Crippen molar-refractivity contribution in [1.82, 2.24) is 20.0 Å². The molecule has 0 aliphatic heterocycles. The number of hydrogen-bond donors (Lipinski definition) is 2. The zero-order valence-corrected chi connectivity index (χ0v) is 7.83. The second-order valence-electron chi connectivity index (χ2n) is 2.78. The number of amides is 1. The number of pyridine rings is 1. The van der Waals surface area contributed by atoms with E-state index in [2.05, 4.69) is 15.2 Å². The number of rotatable bonds is 2. The van der Waals surface area contributed by atoms with E-state index in [0.717, 1.165) is 10.9 Å². The zero-order chi connectivity index (χ0) is 11.5. The summed E-state index contributed by atoms with van der Waals surface area (Å²) in [4.78, 5) is 15.0. The highest BCUT2D eigenvalue weighted by Crippen LogP contribution is 2.13. The first-order valence-corrected chi connectivity index (χ1v) is 4.19. The fourth-order valence-corrected chi connectivity index (χ4v) is 1.09. The molecule has 2 heterocycles. The first-order valence-electron chi connectivity index (χ1n) is 4.19. The summed E-state index contributed by atoms with van der Waals surface area (Å²) in [5, 5.41) is 17.8. The summed E-state index contributed by atoms with van der Waals surface area (Å²) in [6.07, 6.45) is 2.65. The second kappa shape index (κ2) is 3.93. The molecule has 0 atom stereocenters. The molecule has 0 radical (unpaired) electrons. The van der Waals surface area contributed by atoms with Gasteiger partial charge in [-0.1, -0.05) is 0 Å². The number of aromatic nitrogens is 4. The van der Waals surface area contributed by atoms with Gasteiger partial charge in [0, 0.05) is 6.07 Å². The van der Waals surface area contributed by atoms with Gasteiger partial charge in [0.15, 0.2) is 5.82 Å². The highest BCUT2D eigenvalue weighted by atomic mass is 19.1. The number of carboxylic acid groups (broad SMARTS) is 1. The number of nitrogens with zero attached hydrogens (tertiary/aromatic N) is 4. The molecule has 0 aliphatic carbocycles. The van der Waals surface area contributed by atoms with Crippen molar-refractivity contribution in [2.75, 3.05) is 5.32 Å². The number of carbonyl (C=O) groups is 1. The van der Waals surface area contributed by atoms with E-state index in [-0.39, 0.29) is 11.5 Å². The lowest BCUT2D eigenvalue weighted by molar-refractivity contribution is 0.209. The van der Waals surface area contributed by atoms with Crippen LogP contribution in [0.1, 0.15) is 0 Å². The summed E-state index contributed by atoms with van der Waals surface area (Å²) in [6.45, 7) is 0. The van der Waals surface area contributed by atoms with Crippen LogP contribution >= 0.6 is 0 Å². The maximum absolute atomic E-state index is 13.5. The molecule has 1 amide bonds. The van der Waals surface area contributed by atoms with E-state index < -0.39 is 11.9 Å². The molecule has 0 bridgehead atoms. The Kier molecular flexibility index (Phi) is 2.46. The molecule has 0 saturated heterocycles. The van der Waals surface area contributed by atoms with Gasteiger partial charge in [-0.25, -0.2) is 14.2 Å². The van der Waals surface area contributed by atoms with E-state index in [4.69, 9.17) is 5.11 Å². The SMILES string of the molecule is O=C(O)Nc1cnc(-n2nccn2)c(F)c1. The lowest BCUT2D eigenvalue weighted by Gasteiger charge is -2.03. The average Bonchev–Trinajstić information content (AvgIpc) is 2.69. The number of nitrogens with one attached hydrogen (secondary N) is 1. The number of hydrogen-bond acceptors (Lipinski definition) is 4. The van der Waals surface area contributed by atoms with Gasteiger partial charge < -0.3 is 5.11 Å². The van der Waals surface area contributed by atoms with Gasteiger partial charge in [0.25, 0.3) is 0 Å². The summed E-state index contributed by atoms with van der Waals surface area (Å²) in [7, 11) is 0. The van der Waals surface area contributed by atoms with Gasteiger partial charge in [-0.3, -0.25) is 5.32 Å². The third-order valence-corrected chi connectivity index (χ3v) is 1.68. The summed E-state index contributed by atoms with van der Waals surface area (Å²) >= 11 is 0. The monoisotopic (exact) mass is 223 g/mol. The minimum Gasteiger partial charge on any atom is -0.465 e. The maximum Gasteiger partial charge on any atom is 0.409 e. The molecule has 0 aliphatic rings. The topological polar surface area (TPSA) is 92.9 Å². The van der Waals surface area contributed by atoms with Crippen molar-refractivity contribution in [3.05, 3.63) is 30.5 Å². The Morgan fingerprint density at radius 1 is 1.44 bits per heavy atom. The maximum atomic E-state index is 13.5. The van der Waals surface area contributed by atoms with Crippen LogP contribution in [0.3, 0.4) is 0 Å². The quantitative estimate of drug-likeness (QED) is 0.788. The normalized spacial score (nSPS) is 10.1. The molecule has 0 saturated carbocycles. The van der Waals surface area contributed by atoms with Crippen molar-refractivity contribution < 1.29 is 14.3 Å². The van der Waals surface area contributed by atoms with E-state index in [1.807, 2.05) is 5.32 Å². The van der Waals surface area contributed by atoms with Gasteiger partial charge in [0.05, 0.1) is 24.3 Å². The largest absolute Gasteiger partial charge is 0.465 e. The molecule has 0 unspecified atom stereocenters. The van der Waals surface area contributed by atoms with Gasteiger partial charge in [-0.05, 0) is 0 Å². The third kappa shape index (κ3) is 1.95. The van der Waals surface area contributed by atoms with Crippen LogP contribution in [-0.4, -0.2) is 31.2 Å². The molecule has 2 aromatic rings. The van der Waals surface area contributed by atoms with Crippen LogP contribution in [0.15, 0.2) is 24.7 Å². The minimum absolute atomic E-state index is 0.0425. The Morgan fingerprint density at radius 3 is 2.69 bits per heavy atom. The highest BCUT2D eigenvalue weighted by Gasteiger charge is 2.09. The molecule has 82 valence electrons. The van der Waals surface area contributed by atoms with Crippen molar-refractivity contribution in [2.24, 2.45) is 0 Å². The Balaban J connectivity index is 2.34. The number of halogens is 1. The molecular formula is C8H6FN5O2. The van der Waals surface area contributed by atoms with Crippen LogP contribution < -0.4 is 5.32 Å². The fraction of sp³-hybridized carbons (Fsp3) is 0. The van der Waals surface area contributed by atoms with E-state index in [9.17, 15) is 9.18 Å². The Morgan fingerprint density at radius 2 is 2.12 bits per heavy atom. The van der Waals surface area contributed by atoms with E-state index in [1.165, 1.54) is 18.6 Å². The van der Waals surface area contributed by atoms with Crippen LogP contribution in [0.25, 0.3) is 5.82 Å². The molecule has 16 heavy (non-hydrogen) atoms. The lowest BCUT2D eigenvalue weighted by Crippen LogP contribution is -2.10. The lowest BCUT2D eigenvalue weighted by atomic mass is 10.4. The molecule has 0 aromatic carbocycles. The molecule has 2 rings (SSSR count). The van der Waals surface area contributed by atoms with Gasteiger partial charge in [0.2, 0.25) is 5.82 Å². The Hall–Kier alpha value is -2.51. The molecule has 2 N–H and O–H groups in total. The summed E-state index contributed by atoms with van der Waals surface area (Å²) < 4.78 is 13.5. The third-order valence-electron chi connectivity index (χ3n) is 1.68. The summed E-state index contributed by atoms with van der Waals surface area (Å²) in [5.74, 6) is -0.816. The fourth-order valence-electron chi connectivity index (χ4n) is 1.09. The predicted molar refractivity (Wildman–Crippen MR) is 50.8 cm³/mol. The van der Waals surface area contributed by atoms with E-state index in [0.29, 0.717) is 0 Å². The smallest absolute Gasteiger partial charge is 0.409 e. The van der Waals surface area contributed by atoms with Crippen molar-refractivity contribution in [1.29, 1.82) is 0 Å². The van der Waals surface area contributed by atoms with Crippen molar-refractivity contribution in [3.8, 4) is 5.82 Å². The van der Waals surface area contributed by atoms with Gasteiger partial charge in [-0.2, -0.15) is 10.2 Å². The van der Waals surface area contributed by atoms with Crippen LogP contribution in [0.5, 0.6) is 0 Å². The van der Waals surface area contributed by atoms with Crippen LogP contribution in [0, 0.1) is 5.82 Å². The van der Waals surface area contributed by atoms with E-state index in [1.54, 1.807) is 0 Å². The van der Waals surface area contributed by atoms with E-state index >= 15 is 0 Å². The van der Waals surface area contributed by atoms with Gasteiger partial charge in [0.1, 0.15) is 0 Å². The Bertz CT molecular complexity index is 513. The Labute approximate surface area is 88.5 Å². The molecular weight excluding hydrogens is 217 g/mol. The van der Waals surface area contributed by atoms with Crippen LogP contribution in [-0.2, 0) is 0 Å². The van der Waals surface area contributed by atoms with Crippen LogP contribution in [0.4, 0.5) is 14.9 Å². The summed E-state index contributed by atoms with van der Waals surface area (Å²) in [6, 6.07) is 1.000.